The van der Waals surface area contributed by atoms with Gasteiger partial charge in [-0.1, -0.05) is 0 Å². The fourth-order valence-corrected chi connectivity index (χ4v) is 4.06. The summed E-state index contributed by atoms with van der Waals surface area (Å²) in [7, 11) is 0. The zero-order chi connectivity index (χ0) is 20.5. The lowest BCUT2D eigenvalue weighted by atomic mass is 10.2. The average molecular weight is 412 g/mol. The Morgan fingerprint density at radius 1 is 1.00 bits per heavy atom. The van der Waals surface area contributed by atoms with Gasteiger partial charge >= 0.3 is 0 Å². The van der Waals surface area contributed by atoms with Gasteiger partial charge in [0.1, 0.15) is 6.04 Å². The van der Waals surface area contributed by atoms with E-state index in [-0.39, 0.29) is 11.6 Å². The molecule has 2 aromatic carbocycles. The first-order valence-corrected chi connectivity index (χ1v) is 9.72. The molecule has 4 rings (SSSR count). The van der Waals surface area contributed by atoms with Crippen LogP contribution in [0, 0.1) is 10.1 Å². The molecule has 0 saturated carbocycles. The van der Waals surface area contributed by atoms with Crippen LogP contribution in [0.2, 0.25) is 0 Å². The summed E-state index contributed by atoms with van der Waals surface area (Å²) >= 11 is 5.59. The Balaban J connectivity index is 1.57. The first-order valence-electron chi connectivity index (χ1n) is 9.32. The van der Waals surface area contributed by atoms with E-state index in [9.17, 15) is 14.9 Å². The van der Waals surface area contributed by atoms with Crippen molar-refractivity contribution in [3.63, 3.8) is 0 Å². The van der Waals surface area contributed by atoms with Gasteiger partial charge in [-0.3, -0.25) is 19.8 Å². The molecule has 1 amide bonds. The molecule has 0 aliphatic carbocycles. The Kier molecular flexibility index (Phi) is 5.16. The number of amides is 1. The van der Waals surface area contributed by atoms with Crippen molar-refractivity contribution in [1.29, 1.82) is 0 Å². The van der Waals surface area contributed by atoms with E-state index < -0.39 is 11.0 Å². The highest BCUT2D eigenvalue weighted by Crippen LogP contribution is 2.32. The molecule has 0 radical (unpaired) electrons. The van der Waals surface area contributed by atoms with Gasteiger partial charge in [-0.25, -0.2) is 0 Å². The maximum Gasteiger partial charge on any atom is 0.269 e. The van der Waals surface area contributed by atoms with Crippen molar-refractivity contribution in [2.45, 2.75) is 13.0 Å². The summed E-state index contributed by atoms with van der Waals surface area (Å²) in [5.41, 5.74) is 2.42. The number of hydrogen-bond acceptors (Lipinski definition) is 6. The van der Waals surface area contributed by atoms with Crippen molar-refractivity contribution in [2.75, 3.05) is 41.0 Å². The second-order valence-corrected chi connectivity index (χ2v) is 7.26. The number of morpholine rings is 1. The Morgan fingerprint density at radius 3 is 2.14 bits per heavy atom. The summed E-state index contributed by atoms with van der Waals surface area (Å²) in [6.07, 6.45) is 0. The molecule has 0 spiro atoms. The Morgan fingerprint density at radius 2 is 1.55 bits per heavy atom. The summed E-state index contributed by atoms with van der Waals surface area (Å²) in [5.74, 6) is -0.166. The molecule has 2 aliphatic heterocycles. The number of carbonyl (C=O) groups is 1. The highest BCUT2D eigenvalue weighted by atomic mass is 32.1. The minimum Gasteiger partial charge on any atom is -0.378 e. The molecule has 2 aliphatic rings. The predicted octanol–water partition coefficient (Wildman–Crippen LogP) is 2.96. The number of ether oxygens (including phenoxy) is 1. The lowest BCUT2D eigenvalue weighted by Gasteiger charge is -2.29. The van der Waals surface area contributed by atoms with E-state index in [1.807, 2.05) is 29.2 Å². The van der Waals surface area contributed by atoms with Crippen LogP contribution in [0.25, 0.3) is 0 Å². The number of nitro benzene ring substituents is 1. The molecular weight excluding hydrogens is 392 g/mol. The highest BCUT2D eigenvalue weighted by Gasteiger charge is 2.41. The minimum absolute atomic E-state index is 0.0325. The fourth-order valence-electron chi connectivity index (χ4n) is 3.61. The molecule has 0 aromatic heterocycles. The molecule has 0 bridgehead atoms. The van der Waals surface area contributed by atoms with Crippen LogP contribution in [0.5, 0.6) is 0 Å². The van der Waals surface area contributed by atoms with Gasteiger partial charge in [0.05, 0.1) is 23.8 Å². The van der Waals surface area contributed by atoms with Gasteiger partial charge in [-0.05, 0) is 55.5 Å². The van der Waals surface area contributed by atoms with E-state index in [0.29, 0.717) is 24.0 Å². The third-order valence-corrected chi connectivity index (χ3v) is 5.56. The number of carbonyl (C=O) groups excluding carboxylic acids is 1. The van der Waals surface area contributed by atoms with Gasteiger partial charge in [-0.15, -0.1) is 0 Å². The molecule has 2 aromatic rings. The molecule has 8 nitrogen and oxygen atoms in total. The van der Waals surface area contributed by atoms with E-state index in [2.05, 4.69) is 4.90 Å². The van der Waals surface area contributed by atoms with Crippen molar-refractivity contribution in [3.8, 4) is 0 Å². The van der Waals surface area contributed by atoms with E-state index in [1.165, 1.54) is 17.0 Å². The fraction of sp³-hybridized carbons (Fsp3) is 0.300. The van der Waals surface area contributed by atoms with Gasteiger partial charge in [0.2, 0.25) is 0 Å². The molecule has 150 valence electrons. The molecule has 2 heterocycles. The lowest BCUT2D eigenvalue weighted by molar-refractivity contribution is -0.384. The number of rotatable bonds is 4. The molecule has 1 atom stereocenters. The van der Waals surface area contributed by atoms with Crippen molar-refractivity contribution >= 4 is 46.0 Å². The number of benzene rings is 2. The van der Waals surface area contributed by atoms with Crippen molar-refractivity contribution in [2.24, 2.45) is 0 Å². The Hall–Kier alpha value is -3.04. The molecule has 0 N–H and O–H groups in total. The average Bonchev–Trinajstić information content (AvgIpc) is 2.97. The standard InChI is InChI=1S/C20H20N4O4S/c1-14-19(25)23(17-6-8-18(9-7-17)24(26)27)20(29)22(14)16-4-2-15(3-5-16)21-10-12-28-13-11-21/h2-9,14H,10-13H2,1H3. The van der Waals surface area contributed by atoms with Gasteiger partial charge in [0, 0.05) is 36.6 Å². The quantitative estimate of drug-likeness (QED) is 0.434. The van der Waals surface area contributed by atoms with Gasteiger partial charge in [-0.2, -0.15) is 0 Å². The third kappa shape index (κ3) is 3.54. The van der Waals surface area contributed by atoms with Crippen LogP contribution in [0.3, 0.4) is 0 Å². The second-order valence-electron chi connectivity index (χ2n) is 6.89. The maximum absolute atomic E-state index is 12.9. The molecule has 2 saturated heterocycles. The van der Waals surface area contributed by atoms with Gasteiger partial charge in [0.25, 0.3) is 11.6 Å². The van der Waals surface area contributed by atoms with Gasteiger partial charge < -0.3 is 14.5 Å². The van der Waals surface area contributed by atoms with Crippen LogP contribution < -0.4 is 14.7 Å². The largest absolute Gasteiger partial charge is 0.378 e. The van der Waals surface area contributed by atoms with Crippen molar-refractivity contribution < 1.29 is 14.5 Å². The number of hydrogen-bond donors (Lipinski definition) is 0. The van der Waals surface area contributed by atoms with Crippen molar-refractivity contribution in [1.82, 2.24) is 0 Å². The lowest BCUT2D eigenvalue weighted by Crippen LogP contribution is -2.36. The van der Waals surface area contributed by atoms with E-state index >= 15 is 0 Å². The highest BCUT2D eigenvalue weighted by molar-refractivity contribution is 7.81. The van der Waals surface area contributed by atoms with Crippen LogP contribution in [0.4, 0.5) is 22.7 Å². The SMILES string of the molecule is CC1C(=O)N(c2ccc([N+](=O)[O-])cc2)C(=S)N1c1ccc(N2CCOCC2)cc1. The van der Waals surface area contributed by atoms with Crippen LogP contribution in [-0.2, 0) is 9.53 Å². The summed E-state index contributed by atoms with van der Waals surface area (Å²) in [6.45, 7) is 4.94. The zero-order valence-corrected chi connectivity index (χ0v) is 16.7. The van der Waals surface area contributed by atoms with Gasteiger partial charge in [0.15, 0.2) is 5.11 Å². The summed E-state index contributed by atoms with van der Waals surface area (Å²) < 4.78 is 5.39. The first kappa shape index (κ1) is 19.3. The third-order valence-electron chi connectivity index (χ3n) is 5.19. The van der Waals surface area contributed by atoms with E-state index in [1.54, 1.807) is 19.1 Å². The van der Waals surface area contributed by atoms with Crippen LogP contribution in [-0.4, -0.2) is 48.3 Å². The topological polar surface area (TPSA) is 79.2 Å². The number of nitrogens with zero attached hydrogens (tertiary/aromatic N) is 4. The zero-order valence-electron chi connectivity index (χ0n) is 15.9. The van der Waals surface area contributed by atoms with Crippen molar-refractivity contribution in [3.05, 3.63) is 58.6 Å². The molecule has 9 heteroatoms. The summed E-state index contributed by atoms with van der Waals surface area (Å²) in [5, 5.41) is 11.2. The number of thiocarbonyl (C=S) groups is 1. The Bertz CT molecular complexity index is 942. The normalized spacial score (nSPS) is 19.8. The predicted molar refractivity (Wildman–Crippen MR) is 115 cm³/mol. The van der Waals surface area contributed by atoms with E-state index in [0.717, 1.165) is 24.5 Å². The van der Waals surface area contributed by atoms with Crippen LogP contribution in [0.15, 0.2) is 48.5 Å². The number of nitro groups is 1. The second kappa shape index (κ2) is 7.76. The number of anilines is 3. The van der Waals surface area contributed by atoms with Crippen LogP contribution in [0.1, 0.15) is 6.92 Å². The maximum atomic E-state index is 12.9. The minimum atomic E-state index is -0.473. The van der Waals surface area contributed by atoms with E-state index in [4.69, 9.17) is 17.0 Å². The number of non-ortho nitro benzene ring substituents is 1. The molecule has 2 fully saturated rings. The van der Waals surface area contributed by atoms with Crippen LogP contribution >= 0.6 is 12.2 Å². The Labute approximate surface area is 173 Å². The smallest absolute Gasteiger partial charge is 0.269 e. The molecule has 29 heavy (non-hydrogen) atoms. The summed E-state index contributed by atoms with van der Waals surface area (Å²) in [6, 6.07) is 13.3. The monoisotopic (exact) mass is 412 g/mol. The molecule has 1 unspecified atom stereocenters. The molecular formula is C20H20N4O4S. The summed E-state index contributed by atoms with van der Waals surface area (Å²) in [4.78, 5) is 28.8. The first-order chi connectivity index (χ1) is 14.0.